The van der Waals surface area contributed by atoms with Gasteiger partial charge in [-0.2, -0.15) is 0 Å². The van der Waals surface area contributed by atoms with Gasteiger partial charge in [-0.05, 0) is 54.5 Å². The fourth-order valence-corrected chi connectivity index (χ4v) is 3.86. The molecular formula is C18H17ClN2. The fourth-order valence-electron chi connectivity index (χ4n) is 3.64. The summed E-state index contributed by atoms with van der Waals surface area (Å²) < 4.78 is 0. The summed E-state index contributed by atoms with van der Waals surface area (Å²) in [6, 6.07) is 8.20. The molecule has 4 rings (SSSR count). The summed E-state index contributed by atoms with van der Waals surface area (Å²) in [7, 11) is 0. The summed E-state index contributed by atoms with van der Waals surface area (Å²) in [6.07, 6.45) is 9.13. The van der Waals surface area contributed by atoms with Crippen molar-refractivity contribution in [3.8, 4) is 0 Å². The van der Waals surface area contributed by atoms with E-state index in [4.69, 9.17) is 17.4 Å². The zero-order valence-electron chi connectivity index (χ0n) is 11.7. The molecule has 0 amide bonds. The first-order valence-corrected chi connectivity index (χ1v) is 7.77. The maximum atomic E-state index is 6.37. The summed E-state index contributed by atoms with van der Waals surface area (Å²) in [4.78, 5) is 0. The highest BCUT2D eigenvalue weighted by atomic mass is 35.5. The molecule has 0 radical (unpaired) electrons. The topological polar surface area (TPSA) is 38.0 Å². The summed E-state index contributed by atoms with van der Waals surface area (Å²) in [6.45, 7) is 0. The van der Waals surface area contributed by atoms with E-state index in [2.05, 4.69) is 29.7 Å². The molecule has 3 N–H and O–H groups in total. The number of nitrogens with two attached hydrogens (primary N) is 1. The van der Waals surface area contributed by atoms with Crippen LogP contribution in [-0.2, 0) is 6.42 Å². The highest BCUT2D eigenvalue weighted by molar-refractivity contribution is 6.36. The lowest BCUT2D eigenvalue weighted by Gasteiger charge is -2.26. The summed E-state index contributed by atoms with van der Waals surface area (Å²) in [5.74, 6) is 5.71. The van der Waals surface area contributed by atoms with Gasteiger partial charge in [-0.25, -0.2) is 0 Å². The number of halogens is 1. The van der Waals surface area contributed by atoms with Gasteiger partial charge in [0.05, 0.1) is 5.69 Å². The first-order valence-electron chi connectivity index (χ1n) is 7.39. The fraction of sp³-hybridized carbons (Fsp3) is 0.222. The van der Waals surface area contributed by atoms with Crippen molar-refractivity contribution in [2.24, 2.45) is 5.84 Å². The van der Waals surface area contributed by atoms with Crippen molar-refractivity contribution in [2.75, 3.05) is 5.43 Å². The molecule has 21 heavy (non-hydrogen) atoms. The van der Waals surface area contributed by atoms with Crippen molar-refractivity contribution in [3.05, 3.63) is 58.1 Å². The lowest BCUT2D eigenvalue weighted by Crippen LogP contribution is -2.11. The molecular weight excluding hydrogens is 280 g/mol. The maximum absolute atomic E-state index is 6.37. The van der Waals surface area contributed by atoms with E-state index in [1.54, 1.807) is 5.57 Å². The second kappa shape index (κ2) is 4.90. The molecule has 0 bridgehead atoms. The molecule has 0 aliphatic heterocycles. The zero-order chi connectivity index (χ0) is 14.4. The molecule has 3 heteroatoms. The maximum Gasteiger partial charge on any atom is 0.0567 e. The molecule has 0 saturated carbocycles. The van der Waals surface area contributed by atoms with Crippen molar-refractivity contribution in [3.63, 3.8) is 0 Å². The van der Waals surface area contributed by atoms with E-state index in [1.807, 2.05) is 12.1 Å². The molecule has 0 heterocycles. The minimum Gasteiger partial charge on any atom is -0.324 e. The average Bonchev–Trinajstić information content (AvgIpc) is 2.54. The van der Waals surface area contributed by atoms with E-state index in [1.165, 1.54) is 34.9 Å². The SMILES string of the molecule is NNc1ccc(Cl)c2ccc3c(c12)CCC1=C3C=CCC1. The van der Waals surface area contributed by atoms with Gasteiger partial charge in [-0.15, -0.1) is 0 Å². The molecule has 2 aliphatic rings. The smallest absolute Gasteiger partial charge is 0.0567 e. The van der Waals surface area contributed by atoms with E-state index >= 15 is 0 Å². The van der Waals surface area contributed by atoms with Gasteiger partial charge in [0.15, 0.2) is 0 Å². The van der Waals surface area contributed by atoms with Crippen LogP contribution >= 0.6 is 11.6 Å². The van der Waals surface area contributed by atoms with Crippen LogP contribution in [0.3, 0.4) is 0 Å². The summed E-state index contributed by atoms with van der Waals surface area (Å²) in [5, 5.41) is 3.04. The molecule has 2 aromatic carbocycles. The number of benzene rings is 2. The van der Waals surface area contributed by atoms with Crippen molar-refractivity contribution < 1.29 is 0 Å². The van der Waals surface area contributed by atoms with Gasteiger partial charge >= 0.3 is 0 Å². The van der Waals surface area contributed by atoms with Crippen LogP contribution in [0.5, 0.6) is 0 Å². The Morgan fingerprint density at radius 2 is 1.95 bits per heavy atom. The van der Waals surface area contributed by atoms with Crippen LogP contribution in [-0.4, -0.2) is 0 Å². The van der Waals surface area contributed by atoms with E-state index in [0.29, 0.717) is 0 Å². The van der Waals surface area contributed by atoms with Crippen LogP contribution < -0.4 is 11.3 Å². The Hall–Kier alpha value is -1.77. The van der Waals surface area contributed by atoms with Gasteiger partial charge in [0, 0.05) is 15.8 Å². The number of allylic oxidation sites excluding steroid dienone is 4. The average molecular weight is 297 g/mol. The summed E-state index contributed by atoms with van der Waals surface area (Å²) in [5.41, 5.74) is 9.50. The van der Waals surface area contributed by atoms with Crippen molar-refractivity contribution >= 4 is 33.6 Å². The Labute approximate surface area is 129 Å². The van der Waals surface area contributed by atoms with Gasteiger partial charge in [0.2, 0.25) is 0 Å². The molecule has 2 aliphatic carbocycles. The van der Waals surface area contributed by atoms with Crippen LogP contribution in [0.25, 0.3) is 16.3 Å². The third kappa shape index (κ3) is 1.90. The van der Waals surface area contributed by atoms with Gasteiger partial charge in [0.25, 0.3) is 0 Å². The highest BCUT2D eigenvalue weighted by Crippen LogP contribution is 2.42. The number of nitrogens with one attached hydrogen (secondary N) is 1. The van der Waals surface area contributed by atoms with Crippen molar-refractivity contribution in [1.82, 2.24) is 0 Å². The molecule has 2 nitrogen and oxygen atoms in total. The van der Waals surface area contributed by atoms with E-state index in [9.17, 15) is 0 Å². The largest absolute Gasteiger partial charge is 0.324 e. The molecule has 0 unspecified atom stereocenters. The quantitative estimate of drug-likeness (QED) is 0.584. The number of hydrazine groups is 1. The molecule has 0 aromatic heterocycles. The predicted octanol–water partition coefficient (Wildman–Crippen LogP) is 4.83. The number of anilines is 1. The third-order valence-corrected chi connectivity index (χ3v) is 4.97. The van der Waals surface area contributed by atoms with Gasteiger partial charge in [-0.1, -0.05) is 41.5 Å². The number of nitrogen functional groups attached to an aromatic ring is 1. The Bertz CT molecular complexity index is 802. The van der Waals surface area contributed by atoms with Gasteiger partial charge in [0.1, 0.15) is 0 Å². The van der Waals surface area contributed by atoms with Gasteiger partial charge in [-0.3, -0.25) is 5.84 Å². The molecule has 106 valence electrons. The van der Waals surface area contributed by atoms with Gasteiger partial charge < -0.3 is 5.43 Å². The number of fused-ring (bicyclic) bond motifs is 4. The Morgan fingerprint density at radius 1 is 1.05 bits per heavy atom. The monoisotopic (exact) mass is 296 g/mol. The molecule has 2 aromatic rings. The van der Waals surface area contributed by atoms with Crippen LogP contribution in [0.1, 0.15) is 30.4 Å². The molecule has 0 atom stereocenters. The van der Waals surface area contributed by atoms with E-state index < -0.39 is 0 Å². The minimum atomic E-state index is 0.783. The van der Waals surface area contributed by atoms with Crippen molar-refractivity contribution in [1.29, 1.82) is 0 Å². The first kappa shape index (κ1) is 12.9. The number of hydrogen-bond donors (Lipinski definition) is 2. The predicted molar refractivity (Wildman–Crippen MR) is 90.4 cm³/mol. The van der Waals surface area contributed by atoms with E-state index in [0.717, 1.165) is 28.9 Å². The molecule has 0 saturated heterocycles. The van der Waals surface area contributed by atoms with Crippen molar-refractivity contribution in [2.45, 2.75) is 25.7 Å². The Balaban J connectivity index is 2.06. The zero-order valence-corrected chi connectivity index (χ0v) is 12.5. The second-order valence-electron chi connectivity index (χ2n) is 5.71. The van der Waals surface area contributed by atoms with Crippen LogP contribution in [0.4, 0.5) is 5.69 Å². The Kier molecular flexibility index (Phi) is 3.02. The van der Waals surface area contributed by atoms with E-state index in [-0.39, 0.29) is 0 Å². The first-order chi connectivity index (χ1) is 10.3. The third-order valence-electron chi connectivity index (χ3n) is 4.64. The molecule has 0 fully saturated rings. The normalized spacial score (nSPS) is 16.9. The second-order valence-corrected chi connectivity index (χ2v) is 6.12. The van der Waals surface area contributed by atoms with Crippen LogP contribution in [0.15, 0.2) is 42.0 Å². The standard InChI is InChI=1S/C18H17ClN2/c19-16-9-10-17(21-20)18-14-6-5-11-3-1-2-4-12(11)13(14)7-8-15(16)18/h2,4,7-10,21H,1,3,5-6,20H2. The molecule has 0 spiro atoms. The highest BCUT2D eigenvalue weighted by Gasteiger charge is 2.22. The summed E-state index contributed by atoms with van der Waals surface area (Å²) >= 11 is 6.37. The Morgan fingerprint density at radius 3 is 2.81 bits per heavy atom. The minimum absolute atomic E-state index is 0.783. The number of hydrogen-bond acceptors (Lipinski definition) is 2. The lowest BCUT2D eigenvalue weighted by atomic mass is 9.79. The number of rotatable bonds is 1. The lowest BCUT2D eigenvalue weighted by molar-refractivity contribution is 0.831. The number of aryl methyl sites for hydroxylation is 1. The van der Waals surface area contributed by atoms with Crippen LogP contribution in [0.2, 0.25) is 5.02 Å². The van der Waals surface area contributed by atoms with Crippen LogP contribution in [0, 0.1) is 0 Å².